The molecule has 1 aliphatic heterocycles. The number of piperazine rings is 1. The minimum Gasteiger partial charge on any atom is -0.495 e. The first-order valence-electron chi connectivity index (χ1n) is 10.7. The summed E-state index contributed by atoms with van der Waals surface area (Å²) in [6.45, 7) is 3.66. The van der Waals surface area contributed by atoms with Gasteiger partial charge in [-0.2, -0.15) is 0 Å². The Hall–Kier alpha value is -3.32. The monoisotopic (exact) mass is 451 g/mol. The third kappa shape index (κ3) is 4.94. The molecule has 32 heavy (non-hydrogen) atoms. The lowest BCUT2D eigenvalue weighted by Crippen LogP contribution is -2.51. The summed E-state index contributed by atoms with van der Waals surface area (Å²) in [5.74, 6) is 2.81. The Morgan fingerprint density at radius 1 is 1.09 bits per heavy atom. The number of rotatable bonds is 7. The molecule has 1 aliphatic rings. The van der Waals surface area contributed by atoms with Crippen molar-refractivity contribution in [2.24, 2.45) is 0 Å². The Bertz CT molecular complexity index is 1090. The van der Waals surface area contributed by atoms with E-state index in [0.29, 0.717) is 29.7 Å². The molecule has 0 bridgehead atoms. The SMILES string of the molecule is CCCc1nc(Nc2ccc(OC)c(Cl)c2)cc(N2CCN(c3ccccc3)C(=O)C2)n1. The van der Waals surface area contributed by atoms with Gasteiger partial charge < -0.3 is 19.9 Å². The summed E-state index contributed by atoms with van der Waals surface area (Å²) < 4.78 is 5.22. The molecule has 1 fully saturated rings. The van der Waals surface area contributed by atoms with Crippen LogP contribution in [0, 0.1) is 0 Å². The van der Waals surface area contributed by atoms with Gasteiger partial charge in [-0.1, -0.05) is 36.7 Å². The van der Waals surface area contributed by atoms with Crippen molar-refractivity contribution in [3.8, 4) is 5.75 Å². The van der Waals surface area contributed by atoms with E-state index in [1.807, 2.05) is 52.3 Å². The van der Waals surface area contributed by atoms with E-state index in [2.05, 4.69) is 17.2 Å². The molecule has 0 aliphatic carbocycles. The topological polar surface area (TPSA) is 70.6 Å². The van der Waals surface area contributed by atoms with Gasteiger partial charge in [0.1, 0.15) is 23.2 Å². The quantitative estimate of drug-likeness (QED) is 0.562. The number of hydrogen-bond donors (Lipinski definition) is 1. The lowest BCUT2D eigenvalue weighted by atomic mass is 10.2. The Labute approximate surface area is 193 Å². The number of nitrogens with zero attached hydrogens (tertiary/aromatic N) is 4. The van der Waals surface area contributed by atoms with E-state index in [1.54, 1.807) is 19.2 Å². The predicted octanol–water partition coefficient (Wildman–Crippen LogP) is 4.69. The van der Waals surface area contributed by atoms with Crippen LogP contribution in [0.4, 0.5) is 23.0 Å². The van der Waals surface area contributed by atoms with Crippen molar-refractivity contribution in [1.82, 2.24) is 9.97 Å². The van der Waals surface area contributed by atoms with Crippen molar-refractivity contribution in [2.45, 2.75) is 19.8 Å². The molecule has 0 saturated carbocycles. The highest BCUT2D eigenvalue weighted by Gasteiger charge is 2.26. The van der Waals surface area contributed by atoms with Gasteiger partial charge in [-0.3, -0.25) is 4.79 Å². The van der Waals surface area contributed by atoms with E-state index in [4.69, 9.17) is 21.3 Å². The normalized spacial score (nSPS) is 13.9. The van der Waals surface area contributed by atoms with Gasteiger partial charge in [0.25, 0.3) is 0 Å². The fraction of sp³-hybridized carbons (Fsp3) is 0.292. The van der Waals surface area contributed by atoms with Crippen molar-refractivity contribution in [3.63, 3.8) is 0 Å². The van der Waals surface area contributed by atoms with Crippen LogP contribution in [0.25, 0.3) is 0 Å². The number of hydrogen-bond acceptors (Lipinski definition) is 6. The zero-order valence-electron chi connectivity index (χ0n) is 18.2. The summed E-state index contributed by atoms with van der Waals surface area (Å²) in [6.07, 6.45) is 1.68. The summed E-state index contributed by atoms with van der Waals surface area (Å²) in [4.78, 5) is 26.1. The maximum Gasteiger partial charge on any atom is 0.246 e. The Balaban J connectivity index is 1.55. The summed E-state index contributed by atoms with van der Waals surface area (Å²) in [5.41, 5.74) is 1.72. The van der Waals surface area contributed by atoms with Gasteiger partial charge in [-0.05, 0) is 36.8 Å². The van der Waals surface area contributed by atoms with Crippen LogP contribution in [0.1, 0.15) is 19.2 Å². The van der Waals surface area contributed by atoms with Crippen molar-refractivity contribution in [3.05, 3.63) is 65.4 Å². The van der Waals surface area contributed by atoms with Gasteiger partial charge in [0.05, 0.1) is 18.7 Å². The number of aryl methyl sites for hydroxylation is 1. The predicted molar refractivity (Wildman–Crippen MR) is 128 cm³/mol. The largest absolute Gasteiger partial charge is 0.495 e. The van der Waals surface area contributed by atoms with Gasteiger partial charge in [-0.15, -0.1) is 0 Å². The Morgan fingerprint density at radius 2 is 1.91 bits per heavy atom. The molecule has 4 rings (SSSR count). The van der Waals surface area contributed by atoms with Gasteiger partial charge in [0.15, 0.2) is 0 Å². The maximum atomic E-state index is 12.9. The average molecular weight is 452 g/mol. The highest BCUT2D eigenvalue weighted by molar-refractivity contribution is 6.32. The second-order valence-corrected chi connectivity index (χ2v) is 7.96. The molecule has 0 unspecified atom stereocenters. The third-order valence-corrected chi connectivity index (χ3v) is 5.56. The molecule has 3 aromatic rings. The molecule has 1 N–H and O–H groups in total. The van der Waals surface area contributed by atoms with Gasteiger partial charge in [-0.25, -0.2) is 9.97 Å². The molecule has 166 valence electrons. The van der Waals surface area contributed by atoms with Crippen LogP contribution < -0.4 is 19.9 Å². The average Bonchev–Trinajstić information content (AvgIpc) is 2.80. The van der Waals surface area contributed by atoms with E-state index in [9.17, 15) is 4.79 Å². The van der Waals surface area contributed by atoms with Crippen molar-refractivity contribution < 1.29 is 9.53 Å². The molecule has 0 atom stereocenters. The first-order valence-corrected chi connectivity index (χ1v) is 11.0. The van der Waals surface area contributed by atoms with Crippen LogP contribution in [0.15, 0.2) is 54.6 Å². The zero-order chi connectivity index (χ0) is 22.5. The number of benzene rings is 2. The Kier molecular flexibility index (Phi) is 6.75. The van der Waals surface area contributed by atoms with Crippen LogP contribution >= 0.6 is 11.6 Å². The first-order chi connectivity index (χ1) is 15.6. The molecule has 2 aromatic carbocycles. The van der Waals surface area contributed by atoms with Gasteiger partial charge in [0, 0.05) is 37.0 Å². The number of carbonyl (C=O) groups is 1. The van der Waals surface area contributed by atoms with Crippen molar-refractivity contribution in [1.29, 1.82) is 0 Å². The lowest BCUT2D eigenvalue weighted by Gasteiger charge is -2.35. The van der Waals surface area contributed by atoms with E-state index < -0.39 is 0 Å². The number of amides is 1. The van der Waals surface area contributed by atoms with E-state index in [1.165, 1.54) is 0 Å². The number of halogens is 1. The summed E-state index contributed by atoms with van der Waals surface area (Å²) in [7, 11) is 1.58. The van der Waals surface area contributed by atoms with E-state index in [-0.39, 0.29) is 12.5 Å². The number of methoxy groups -OCH3 is 1. The molecule has 0 spiro atoms. The van der Waals surface area contributed by atoms with Crippen LogP contribution in [-0.4, -0.2) is 42.6 Å². The summed E-state index contributed by atoms with van der Waals surface area (Å²) in [5, 5.41) is 3.82. The fourth-order valence-corrected chi connectivity index (χ4v) is 3.94. The second-order valence-electron chi connectivity index (χ2n) is 7.55. The molecule has 7 nitrogen and oxygen atoms in total. The number of carbonyl (C=O) groups excluding carboxylic acids is 1. The molecular formula is C24H26ClN5O2. The Morgan fingerprint density at radius 3 is 2.59 bits per heavy atom. The number of ether oxygens (including phenoxy) is 1. The smallest absolute Gasteiger partial charge is 0.246 e. The van der Waals surface area contributed by atoms with Crippen LogP contribution in [0.2, 0.25) is 5.02 Å². The van der Waals surface area contributed by atoms with Crippen LogP contribution in [-0.2, 0) is 11.2 Å². The highest BCUT2D eigenvalue weighted by atomic mass is 35.5. The minimum atomic E-state index is 0.0505. The van der Waals surface area contributed by atoms with E-state index in [0.717, 1.165) is 35.9 Å². The van der Waals surface area contributed by atoms with Crippen molar-refractivity contribution in [2.75, 3.05) is 41.9 Å². The minimum absolute atomic E-state index is 0.0505. The van der Waals surface area contributed by atoms with Gasteiger partial charge >= 0.3 is 0 Å². The van der Waals surface area contributed by atoms with E-state index >= 15 is 0 Å². The molecule has 2 heterocycles. The highest BCUT2D eigenvalue weighted by Crippen LogP contribution is 2.29. The van der Waals surface area contributed by atoms with Crippen LogP contribution in [0.5, 0.6) is 5.75 Å². The second kappa shape index (κ2) is 9.87. The number of anilines is 4. The number of aromatic nitrogens is 2. The molecule has 0 radical (unpaired) electrons. The molecule has 1 aromatic heterocycles. The summed E-state index contributed by atoms with van der Waals surface area (Å²) >= 11 is 6.26. The lowest BCUT2D eigenvalue weighted by molar-refractivity contribution is -0.117. The molecule has 1 saturated heterocycles. The molecule has 8 heteroatoms. The number of para-hydroxylation sites is 1. The van der Waals surface area contributed by atoms with Gasteiger partial charge in [0.2, 0.25) is 5.91 Å². The fourth-order valence-electron chi connectivity index (χ4n) is 3.69. The maximum absolute atomic E-state index is 12.9. The standard InChI is InChI=1S/C24H26ClN5O2/c1-3-7-21-27-22(26-17-10-11-20(32-2)19(25)14-17)15-23(28-21)29-12-13-30(24(31)16-29)18-8-5-4-6-9-18/h4-6,8-11,14-15H,3,7,12-13,16H2,1-2H3,(H,26,27,28). The van der Waals surface area contributed by atoms with Crippen LogP contribution in [0.3, 0.4) is 0 Å². The summed E-state index contributed by atoms with van der Waals surface area (Å²) in [6, 6.07) is 17.1. The number of nitrogens with one attached hydrogen (secondary N) is 1. The molecule has 1 amide bonds. The molecular weight excluding hydrogens is 426 g/mol. The first kappa shape index (κ1) is 21.9. The third-order valence-electron chi connectivity index (χ3n) is 5.27. The van der Waals surface area contributed by atoms with Crippen molar-refractivity contribution >= 4 is 40.5 Å². The zero-order valence-corrected chi connectivity index (χ0v) is 19.0.